The number of anilines is 1. The average molecular weight is 323 g/mol. The maximum atomic E-state index is 12.4. The van der Waals surface area contributed by atoms with Crippen molar-refractivity contribution in [2.45, 2.75) is 6.61 Å². The summed E-state index contributed by atoms with van der Waals surface area (Å²) in [4.78, 5) is 18.8. The molecule has 0 amide bonds. The molecule has 24 heavy (non-hydrogen) atoms. The van der Waals surface area contributed by atoms with Gasteiger partial charge in [-0.1, -0.05) is 12.1 Å². The Kier molecular flexibility index (Phi) is 5.04. The van der Waals surface area contributed by atoms with E-state index in [2.05, 4.69) is 11.1 Å². The molecule has 0 spiro atoms. The first-order valence-electron chi connectivity index (χ1n) is 7.72. The zero-order valence-electron chi connectivity index (χ0n) is 13.1. The van der Waals surface area contributed by atoms with Crippen LogP contribution in [0.5, 0.6) is 0 Å². The maximum Gasteiger partial charge on any atom is 0.342 e. The van der Waals surface area contributed by atoms with E-state index in [1.807, 2.05) is 4.90 Å². The predicted octanol–water partition coefficient (Wildman–Crippen LogP) is 2.15. The highest BCUT2D eigenvalue weighted by atomic mass is 16.5. The van der Waals surface area contributed by atoms with E-state index in [9.17, 15) is 4.79 Å². The number of benzene rings is 1. The second-order valence-electron chi connectivity index (χ2n) is 5.36. The summed E-state index contributed by atoms with van der Waals surface area (Å²) >= 11 is 0. The number of aromatic nitrogens is 1. The largest absolute Gasteiger partial charge is 0.457 e. The highest BCUT2D eigenvalue weighted by Gasteiger charge is 2.20. The Balaban J connectivity index is 1.69. The Morgan fingerprint density at radius 3 is 2.71 bits per heavy atom. The summed E-state index contributed by atoms with van der Waals surface area (Å²) in [6.45, 7) is 2.80. The van der Waals surface area contributed by atoms with Gasteiger partial charge >= 0.3 is 5.97 Å². The molecule has 0 saturated carbocycles. The Bertz CT molecular complexity index is 747. The molecular weight excluding hydrogens is 306 g/mol. The lowest BCUT2D eigenvalue weighted by atomic mass is 10.1. The number of rotatable bonds is 4. The fourth-order valence-corrected chi connectivity index (χ4v) is 2.49. The SMILES string of the molecule is N#Cc1ccc(COC(=O)c2cccnc2N2CCOCC2)cc1. The molecule has 3 rings (SSSR count). The molecule has 2 aromatic rings. The third-order valence-corrected chi connectivity index (χ3v) is 3.77. The lowest BCUT2D eigenvalue weighted by Crippen LogP contribution is -2.37. The van der Waals surface area contributed by atoms with Gasteiger partial charge in [0.25, 0.3) is 0 Å². The van der Waals surface area contributed by atoms with Gasteiger partial charge in [0, 0.05) is 19.3 Å². The average Bonchev–Trinajstić information content (AvgIpc) is 2.67. The number of carbonyl (C=O) groups excluding carboxylic acids is 1. The summed E-state index contributed by atoms with van der Waals surface area (Å²) in [7, 11) is 0. The standard InChI is InChI=1S/C18H17N3O3/c19-12-14-3-5-15(6-4-14)13-24-18(22)16-2-1-7-20-17(16)21-8-10-23-11-9-21/h1-7H,8-11,13H2. The molecule has 1 aliphatic heterocycles. The molecule has 0 aliphatic carbocycles. The molecule has 1 aromatic heterocycles. The first kappa shape index (κ1) is 16.0. The first-order valence-corrected chi connectivity index (χ1v) is 7.72. The van der Waals surface area contributed by atoms with Crippen LogP contribution in [0.15, 0.2) is 42.6 Å². The minimum absolute atomic E-state index is 0.155. The minimum Gasteiger partial charge on any atom is -0.457 e. The molecule has 0 unspecified atom stereocenters. The van der Waals surface area contributed by atoms with E-state index in [0.29, 0.717) is 43.2 Å². The molecule has 6 heteroatoms. The lowest BCUT2D eigenvalue weighted by molar-refractivity contribution is 0.0472. The van der Waals surface area contributed by atoms with Crippen molar-refractivity contribution in [3.8, 4) is 6.07 Å². The topological polar surface area (TPSA) is 75.5 Å². The Morgan fingerprint density at radius 2 is 2.00 bits per heavy atom. The van der Waals surface area contributed by atoms with Gasteiger partial charge in [-0.15, -0.1) is 0 Å². The quantitative estimate of drug-likeness (QED) is 0.803. The third-order valence-electron chi connectivity index (χ3n) is 3.77. The van der Waals surface area contributed by atoms with Gasteiger partial charge in [-0.05, 0) is 29.8 Å². The normalized spacial score (nSPS) is 14.0. The van der Waals surface area contributed by atoms with Crippen LogP contribution in [0.1, 0.15) is 21.5 Å². The monoisotopic (exact) mass is 323 g/mol. The van der Waals surface area contributed by atoms with Gasteiger partial charge in [0.05, 0.1) is 24.8 Å². The number of carbonyl (C=O) groups is 1. The van der Waals surface area contributed by atoms with Crippen LogP contribution in [0.4, 0.5) is 5.82 Å². The Morgan fingerprint density at radius 1 is 1.25 bits per heavy atom. The molecule has 6 nitrogen and oxygen atoms in total. The molecule has 0 bridgehead atoms. The van der Waals surface area contributed by atoms with Crippen molar-refractivity contribution in [1.82, 2.24) is 4.98 Å². The number of esters is 1. The number of nitriles is 1. The summed E-state index contributed by atoms with van der Waals surface area (Å²) < 4.78 is 10.7. The fourth-order valence-electron chi connectivity index (χ4n) is 2.49. The molecule has 0 N–H and O–H groups in total. The predicted molar refractivity (Wildman–Crippen MR) is 87.5 cm³/mol. The zero-order chi connectivity index (χ0) is 16.8. The summed E-state index contributed by atoms with van der Waals surface area (Å²) in [5.41, 5.74) is 1.86. The van der Waals surface area contributed by atoms with Crippen molar-refractivity contribution >= 4 is 11.8 Å². The van der Waals surface area contributed by atoms with Gasteiger partial charge < -0.3 is 14.4 Å². The minimum atomic E-state index is -0.408. The van der Waals surface area contributed by atoms with Gasteiger partial charge in [0.15, 0.2) is 0 Å². The van der Waals surface area contributed by atoms with E-state index in [0.717, 1.165) is 5.56 Å². The van der Waals surface area contributed by atoms with Gasteiger partial charge in [-0.25, -0.2) is 9.78 Å². The number of hydrogen-bond donors (Lipinski definition) is 0. The first-order chi connectivity index (χ1) is 11.8. The van der Waals surface area contributed by atoms with Crippen LogP contribution in [-0.4, -0.2) is 37.3 Å². The van der Waals surface area contributed by atoms with E-state index in [-0.39, 0.29) is 6.61 Å². The Labute approximate surface area is 140 Å². The number of ether oxygens (including phenoxy) is 2. The second-order valence-corrected chi connectivity index (χ2v) is 5.36. The lowest BCUT2D eigenvalue weighted by Gasteiger charge is -2.28. The Hall–Kier alpha value is -2.91. The summed E-state index contributed by atoms with van der Waals surface area (Å²) in [5.74, 6) is 0.222. The van der Waals surface area contributed by atoms with Crippen LogP contribution in [0.25, 0.3) is 0 Å². The maximum absolute atomic E-state index is 12.4. The van der Waals surface area contributed by atoms with Crippen molar-refractivity contribution in [3.05, 3.63) is 59.3 Å². The number of hydrogen-bond acceptors (Lipinski definition) is 6. The van der Waals surface area contributed by atoms with Crippen molar-refractivity contribution in [3.63, 3.8) is 0 Å². The van der Waals surface area contributed by atoms with Crippen molar-refractivity contribution in [2.24, 2.45) is 0 Å². The molecule has 122 valence electrons. The molecule has 0 atom stereocenters. The van der Waals surface area contributed by atoms with E-state index >= 15 is 0 Å². The highest BCUT2D eigenvalue weighted by molar-refractivity contribution is 5.94. The van der Waals surface area contributed by atoms with Crippen LogP contribution in [0, 0.1) is 11.3 Å². The smallest absolute Gasteiger partial charge is 0.342 e. The van der Waals surface area contributed by atoms with E-state index in [1.165, 1.54) is 0 Å². The number of nitrogens with zero attached hydrogens (tertiary/aromatic N) is 3. The molecule has 0 radical (unpaired) electrons. The molecule has 1 aliphatic rings. The summed E-state index contributed by atoms with van der Waals surface area (Å²) in [5, 5.41) is 8.79. The van der Waals surface area contributed by atoms with Gasteiger partial charge in [0.2, 0.25) is 0 Å². The highest BCUT2D eigenvalue weighted by Crippen LogP contribution is 2.20. The third kappa shape index (κ3) is 3.70. The van der Waals surface area contributed by atoms with E-state index in [1.54, 1.807) is 42.6 Å². The fraction of sp³-hybridized carbons (Fsp3) is 0.278. The number of pyridine rings is 1. The van der Waals surface area contributed by atoms with Crippen LogP contribution >= 0.6 is 0 Å². The molecule has 1 fully saturated rings. The van der Waals surface area contributed by atoms with Crippen molar-refractivity contribution < 1.29 is 14.3 Å². The molecule has 1 saturated heterocycles. The van der Waals surface area contributed by atoms with Crippen molar-refractivity contribution in [1.29, 1.82) is 5.26 Å². The van der Waals surface area contributed by atoms with E-state index in [4.69, 9.17) is 14.7 Å². The second kappa shape index (κ2) is 7.57. The van der Waals surface area contributed by atoms with Crippen LogP contribution in [0.3, 0.4) is 0 Å². The van der Waals surface area contributed by atoms with Gasteiger partial charge in [-0.3, -0.25) is 0 Å². The zero-order valence-corrected chi connectivity index (χ0v) is 13.1. The van der Waals surface area contributed by atoms with Crippen LogP contribution in [-0.2, 0) is 16.1 Å². The van der Waals surface area contributed by atoms with Gasteiger partial charge in [-0.2, -0.15) is 5.26 Å². The summed E-state index contributed by atoms with van der Waals surface area (Å²) in [6, 6.07) is 12.5. The van der Waals surface area contributed by atoms with Crippen LogP contribution in [0.2, 0.25) is 0 Å². The van der Waals surface area contributed by atoms with Crippen LogP contribution < -0.4 is 4.90 Å². The number of morpholine rings is 1. The molecular formula is C18H17N3O3. The van der Waals surface area contributed by atoms with Gasteiger partial charge in [0.1, 0.15) is 18.0 Å². The van der Waals surface area contributed by atoms with E-state index < -0.39 is 5.97 Å². The van der Waals surface area contributed by atoms with Crippen molar-refractivity contribution in [2.75, 3.05) is 31.2 Å². The summed E-state index contributed by atoms with van der Waals surface area (Å²) in [6.07, 6.45) is 1.67. The molecule has 2 heterocycles. The molecule has 1 aromatic carbocycles.